The Morgan fingerprint density at radius 2 is 2.28 bits per heavy atom. The largest absolute Gasteiger partial charge is 0.371 e. The van der Waals surface area contributed by atoms with Gasteiger partial charge in [-0.15, -0.1) is 0 Å². The summed E-state index contributed by atoms with van der Waals surface area (Å²) < 4.78 is 1.14. The van der Waals surface area contributed by atoms with Crippen LogP contribution in [0.5, 0.6) is 0 Å². The zero-order valence-electron chi connectivity index (χ0n) is 11.3. The van der Waals surface area contributed by atoms with E-state index in [0.717, 1.165) is 10.4 Å². The van der Waals surface area contributed by atoms with Crippen LogP contribution in [-0.2, 0) is 0 Å². The molecule has 18 heavy (non-hydrogen) atoms. The predicted molar refractivity (Wildman–Crippen MR) is 82.0 cm³/mol. The van der Waals surface area contributed by atoms with E-state index < -0.39 is 0 Å². The minimum absolute atomic E-state index is 0.0957. The Balaban J connectivity index is 2.20. The lowest BCUT2D eigenvalue weighted by atomic mass is 10.0. The first-order valence-corrected chi connectivity index (χ1v) is 7.71. The van der Waals surface area contributed by atoms with E-state index in [1.54, 1.807) is 0 Å². The van der Waals surface area contributed by atoms with Gasteiger partial charge in [0, 0.05) is 29.3 Å². The fraction of sp³-hybridized carbons (Fsp3) is 0.600. The van der Waals surface area contributed by atoms with Crippen LogP contribution in [-0.4, -0.2) is 13.1 Å². The van der Waals surface area contributed by atoms with Crippen LogP contribution in [0.1, 0.15) is 44.7 Å². The molecule has 0 radical (unpaired) electrons. The number of benzene rings is 1. The molecule has 1 aromatic rings. The van der Waals surface area contributed by atoms with Crippen LogP contribution in [0, 0.1) is 5.92 Å². The molecule has 1 fully saturated rings. The molecule has 1 aliphatic rings. The maximum Gasteiger partial charge on any atom is 0.0425 e. The number of hydrogen-bond acceptors (Lipinski definition) is 2. The molecule has 0 saturated carbocycles. The van der Waals surface area contributed by atoms with Gasteiger partial charge in [0.1, 0.15) is 0 Å². The monoisotopic (exact) mass is 310 g/mol. The molecule has 0 bridgehead atoms. The Bertz CT molecular complexity index is 403. The second-order valence-electron chi connectivity index (χ2n) is 5.38. The van der Waals surface area contributed by atoms with E-state index in [4.69, 9.17) is 5.73 Å². The molecular weight excluding hydrogens is 288 g/mol. The molecule has 1 aromatic carbocycles. The van der Waals surface area contributed by atoms with Crippen molar-refractivity contribution in [1.29, 1.82) is 0 Å². The quantitative estimate of drug-likeness (QED) is 0.907. The minimum Gasteiger partial charge on any atom is -0.371 e. The molecule has 2 rings (SSSR count). The van der Waals surface area contributed by atoms with E-state index in [0.29, 0.717) is 0 Å². The summed E-state index contributed by atoms with van der Waals surface area (Å²) in [5.41, 5.74) is 8.66. The van der Waals surface area contributed by atoms with E-state index in [1.807, 2.05) is 0 Å². The molecule has 1 saturated heterocycles. The van der Waals surface area contributed by atoms with Gasteiger partial charge in [-0.05, 0) is 43.4 Å². The molecule has 0 spiro atoms. The molecular formula is C15H23BrN2. The third-order valence-electron chi connectivity index (χ3n) is 3.81. The van der Waals surface area contributed by atoms with Gasteiger partial charge in [-0.3, -0.25) is 0 Å². The van der Waals surface area contributed by atoms with Crippen molar-refractivity contribution in [2.24, 2.45) is 11.7 Å². The number of rotatable bonds is 4. The van der Waals surface area contributed by atoms with Gasteiger partial charge in [-0.1, -0.05) is 35.3 Å². The maximum absolute atomic E-state index is 6.08. The maximum atomic E-state index is 6.08. The second-order valence-corrected chi connectivity index (χ2v) is 6.30. The van der Waals surface area contributed by atoms with Crippen LogP contribution >= 0.6 is 15.9 Å². The van der Waals surface area contributed by atoms with Gasteiger partial charge in [0.15, 0.2) is 0 Å². The summed E-state index contributed by atoms with van der Waals surface area (Å²) >= 11 is 3.57. The lowest BCUT2D eigenvalue weighted by Gasteiger charge is -2.24. The molecule has 2 atom stereocenters. The highest BCUT2D eigenvalue weighted by Gasteiger charge is 2.24. The van der Waals surface area contributed by atoms with Crippen LogP contribution in [0.3, 0.4) is 0 Å². The number of anilines is 1. The van der Waals surface area contributed by atoms with Crippen molar-refractivity contribution in [3.63, 3.8) is 0 Å². The Labute approximate surface area is 119 Å². The molecule has 0 amide bonds. The van der Waals surface area contributed by atoms with E-state index in [-0.39, 0.29) is 6.04 Å². The molecule has 1 heterocycles. The highest BCUT2D eigenvalue weighted by Crippen LogP contribution is 2.33. The van der Waals surface area contributed by atoms with Crippen LogP contribution in [0.2, 0.25) is 0 Å². The Hall–Kier alpha value is -0.540. The Morgan fingerprint density at radius 3 is 2.94 bits per heavy atom. The van der Waals surface area contributed by atoms with Crippen molar-refractivity contribution >= 4 is 21.6 Å². The first-order valence-electron chi connectivity index (χ1n) is 6.91. The van der Waals surface area contributed by atoms with Gasteiger partial charge < -0.3 is 10.6 Å². The van der Waals surface area contributed by atoms with Gasteiger partial charge in [0.05, 0.1) is 0 Å². The number of nitrogens with two attached hydrogens (primary N) is 1. The van der Waals surface area contributed by atoms with Crippen molar-refractivity contribution in [3.05, 3.63) is 28.2 Å². The lowest BCUT2D eigenvalue weighted by molar-refractivity contribution is 0.529. The van der Waals surface area contributed by atoms with Crippen LogP contribution < -0.4 is 10.6 Å². The lowest BCUT2D eigenvalue weighted by Crippen LogP contribution is -2.22. The average Bonchev–Trinajstić information content (AvgIpc) is 2.77. The third kappa shape index (κ3) is 3.07. The topological polar surface area (TPSA) is 29.3 Å². The molecule has 2 N–H and O–H groups in total. The minimum atomic E-state index is 0.0957. The second kappa shape index (κ2) is 6.07. The first kappa shape index (κ1) is 13.9. The van der Waals surface area contributed by atoms with Gasteiger partial charge in [-0.2, -0.15) is 0 Å². The third-order valence-corrected chi connectivity index (χ3v) is 4.30. The Morgan fingerprint density at radius 1 is 1.50 bits per heavy atom. The van der Waals surface area contributed by atoms with Crippen LogP contribution in [0.15, 0.2) is 22.7 Å². The summed E-state index contributed by atoms with van der Waals surface area (Å²) in [7, 11) is 0. The molecule has 100 valence electrons. The van der Waals surface area contributed by atoms with Gasteiger partial charge in [-0.25, -0.2) is 0 Å². The van der Waals surface area contributed by atoms with Crippen LogP contribution in [0.4, 0.5) is 5.69 Å². The van der Waals surface area contributed by atoms with Gasteiger partial charge >= 0.3 is 0 Å². The summed E-state index contributed by atoms with van der Waals surface area (Å²) in [5, 5.41) is 0. The highest BCUT2D eigenvalue weighted by molar-refractivity contribution is 9.10. The smallest absolute Gasteiger partial charge is 0.0425 e. The van der Waals surface area contributed by atoms with E-state index in [9.17, 15) is 0 Å². The van der Waals surface area contributed by atoms with E-state index >= 15 is 0 Å². The molecule has 3 heteroatoms. The number of nitrogens with zero attached hydrogens (tertiary/aromatic N) is 1. The summed E-state index contributed by atoms with van der Waals surface area (Å²) in [4.78, 5) is 2.50. The SMILES string of the molecule is CCCC1CCN(c2cc(Br)ccc2C(C)N)C1. The number of halogens is 1. The predicted octanol–water partition coefficient (Wildman–Crippen LogP) is 4.10. The van der Waals surface area contributed by atoms with E-state index in [1.165, 1.54) is 43.6 Å². The fourth-order valence-electron chi connectivity index (χ4n) is 2.87. The van der Waals surface area contributed by atoms with Crippen LogP contribution in [0.25, 0.3) is 0 Å². The zero-order valence-corrected chi connectivity index (χ0v) is 12.9. The van der Waals surface area contributed by atoms with Crippen molar-refractivity contribution in [2.45, 2.75) is 39.2 Å². The normalized spacial score (nSPS) is 21.3. The summed E-state index contributed by atoms with van der Waals surface area (Å²) in [5.74, 6) is 0.856. The molecule has 0 aliphatic carbocycles. The molecule has 2 unspecified atom stereocenters. The van der Waals surface area contributed by atoms with Crippen molar-refractivity contribution in [3.8, 4) is 0 Å². The molecule has 0 aromatic heterocycles. The van der Waals surface area contributed by atoms with Crippen molar-refractivity contribution in [2.75, 3.05) is 18.0 Å². The summed E-state index contributed by atoms with van der Waals surface area (Å²) in [6.45, 7) is 6.69. The standard InChI is InChI=1S/C15H23BrN2/c1-3-4-12-7-8-18(10-12)15-9-13(16)5-6-14(15)11(2)17/h5-6,9,11-12H,3-4,7-8,10,17H2,1-2H3. The van der Waals surface area contributed by atoms with Gasteiger partial charge in [0.2, 0.25) is 0 Å². The number of hydrogen-bond donors (Lipinski definition) is 1. The zero-order chi connectivity index (χ0) is 13.1. The average molecular weight is 311 g/mol. The molecule has 1 aliphatic heterocycles. The van der Waals surface area contributed by atoms with E-state index in [2.05, 4.69) is 52.9 Å². The fourth-order valence-corrected chi connectivity index (χ4v) is 3.22. The summed E-state index contributed by atoms with van der Waals surface area (Å²) in [6, 6.07) is 6.55. The Kier molecular flexibility index (Phi) is 4.68. The van der Waals surface area contributed by atoms with Gasteiger partial charge in [0.25, 0.3) is 0 Å². The first-order chi connectivity index (χ1) is 8.61. The summed E-state index contributed by atoms with van der Waals surface area (Å²) in [6.07, 6.45) is 3.95. The molecule has 2 nitrogen and oxygen atoms in total. The van der Waals surface area contributed by atoms with Crippen molar-refractivity contribution in [1.82, 2.24) is 0 Å². The highest BCUT2D eigenvalue weighted by atomic mass is 79.9. The van der Waals surface area contributed by atoms with Crippen molar-refractivity contribution < 1.29 is 0 Å².